The zero-order chi connectivity index (χ0) is 17.8. The summed E-state index contributed by atoms with van der Waals surface area (Å²) in [5.74, 6) is 1.48. The first-order valence-electron chi connectivity index (χ1n) is 9.27. The summed E-state index contributed by atoms with van der Waals surface area (Å²) in [5, 5.41) is 16.8. The third-order valence-corrected chi connectivity index (χ3v) is 4.99. The number of nitrogens with zero attached hydrogens (tertiary/aromatic N) is 2. The smallest absolute Gasteiger partial charge is 0.191 e. The lowest BCUT2D eigenvalue weighted by atomic mass is 10.2. The minimum Gasteiger partial charge on any atom is -0.504 e. The number of hydrogen-bond acceptors (Lipinski definition) is 4. The van der Waals surface area contributed by atoms with Crippen molar-refractivity contribution in [1.82, 2.24) is 15.5 Å². The van der Waals surface area contributed by atoms with Gasteiger partial charge in [0.15, 0.2) is 17.5 Å². The quantitative estimate of drug-likeness (QED) is 0.336. The van der Waals surface area contributed by atoms with Crippen LogP contribution in [-0.4, -0.2) is 54.3 Å². The van der Waals surface area contributed by atoms with Gasteiger partial charge in [-0.1, -0.05) is 6.07 Å². The molecule has 1 aromatic rings. The molecule has 1 saturated carbocycles. The predicted octanol–water partition coefficient (Wildman–Crippen LogP) is 2.70. The van der Waals surface area contributed by atoms with Gasteiger partial charge in [-0.2, -0.15) is 0 Å². The van der Waals surface area contributed by atoms with Gasteiger partial charge in [0.25, 0.3) is 0 Å². The van der Waals surface area contributed by atoms with Gasteiger partial charge in [0, 0.05) is 31.2 Å². The van der Waals surface area contributed by atoms with Gasteiger partial charge in [0.05, 0.1) is 13.7 Å². The average molecular weight is 474 g/mol. The molecule has 1 aromatic carbocycles. The number of phenols is 1. The molecule has 146 valence electrons. The van der Waals surface area contributed by atoms with Crippen molar-refractivity contribution < 1.29 is 9.84 Å². The van der Waals surface area contributed by atoms with Crippen molar-refractivity contribution in [2.75, 3.05) is 20.2 Å². The molecule has 2 aliphatic rings. The van der Waals surface area contributed by atoms with Crippen LogP contribution in [0.3, 0.4) is 0 Å². The molecule has 0 spiro atoms. The largest absolute Gasteiger partial charge is 0.504 e. The Hall–Kier alpha value is -1.22. The van der Waals surface area contributed by atoms with Crippen molar-refractivity contribution in [2.24, 2.45) is 4.99 Å². The number of methoxy groups -OCH3 is 1. The number of guanidine groups is 1. The Morgan fingerprint density at radius 1 is 1.38 bits per heavy atom. The molecule has 1 saturated heterocycles. The molecule has 7 heteroatoms. The number of aliphatic imine (C=N–C) groups is 1. The van der Waals surface area contributed by atoms with Crippen molar-refractivity contribution in [3.63, 3.8) is 0 Å². The highest BCUT2D eigenvalue weighted by molar-refractivity contribution is 14.0. The summed E-state index contributed by atoms with van der Waals surface area (Å²) in [6, 6.07) is 7.30. The molecule has 1 heterocycles. The molecule has 0 bridgehead atoms. The first-order chi connectivity index (χ1) is 12.1. The minimum atomic E-state index is 0. The molecule has 0 aromatic heterocycles. The number of phenolic OH excluding ortho intramolecular Hbond substituents is 1. The summed E-state index contributed by atoms with van der Waals surface area (Å²) in [5.41, 5.74) is 0.954. The highest BCUT2D eigenvalue weighted by Crippen LogP contribution is 2.33. The normalized spacial score (nSPS) is 23.4. The third kappa shape index (κ3) is 5.39. The van der Waals surface area contributed by atoms with E-state index in [-0.39, 0.29) is 29.7 Å². The van der Waals surface area contributed by atoms with Crippen molar-refractivity contribution in [3.8, 4) is 11.5 Å². The van der Waals surface area contributed by atoms with Gasteiger partial charge in [-0.3, -0.25) is 4.90 Å². The molecule has 0 amide bonds. The van der Waals surface area contributed by atoms with E-state index >= 15 is 0 Å². The summed E-state index contributed by atoms with van der Waals surface area (Å²) in [4.78, 5) is 7.31. The molecule has 6 nitrogen and oxygen atoms in total. The lowest BCUT2D eigenvalue weighted by Gasteiger charge is -2.20. The molecule has 3 rings (SSSR count). The maximum atomic E-state index is 9.90. The molecular weight excluding hydrogens is 443 g/mol. The highest BCUT2D eigenvalue weighted by atomic mass is 127. The lowest BCUT2D eigenvalue weighted by molar-refractivity contribution is 0.256. The molecule has 26 heavy (non-hydrogen) atoms. The van der Waals surface area contributed by atoms with Gasteiger partial charge in [-0.05, 0) is 50.8 Å². The molecule has 2 unspecified atom stereocenters. The molecule has 0 radical (unpaired) electrons. The van der Waals surface area contributed by atoms with E-state index < -0.39 is 0 Å². The monoisotopic (exact) mass is 474 g/mol. The fourth-order valence-corrected chi connectivity index (χ4v) is 3.59. The van der Waals surface area contributed by atoms with Gasteiger partial charge in [0.2, 0.25) is 0 Å². The second-order valence-corrected chi connectivity index (χ2v) is 7.06. The van der Waals surface area contributed by atoms with E-state index in [2.05, 4.69) is 34.4 Å². The molecule has 3 N–H and O–H groups in total. The standard InChI is InChI=1S/C19H30N4O2.HI/c1-4-20-19(21-11-14-5-8-18(25-3)17(24)10-14)22-15-9-13(2)23(12-15)16-6-7-16;/h5,8,10,13,15-16,24H,4,6-7,9,11-12H2,1-3H3,(H2,20,21,22);1H. The maximum absolute atomic E-state index is 9.90. The Kier molecular flexibility index (Phi) is 7.82. The van der Waals surface area contributed by atoms with Crippen molar-refractivity contribution in [1.29, 1.82) is 0 Å². The fraction of sp³-hybridized carbons (Fsp3) is 0.632. The van der Waals surface area contributed by atoms with Crippen LogP contribution in [0.4, 0.5) is 0 Å². The molecule has 1 aliphatic carbocycles. The van der Waals surface area contributed by atoms with Crippen molar-refractivity contribution in [3.05, 3.63) is 23.8 Å². The fourth-order valence-electron chi connectivity index (χ4n) is 3.59. The number of ether oxygens (including phenoxy) is 1. The third-order valence-electron chi connectivity index (χ3n) is 4.99. The average Bonchev–Trinajstić information content (AvgIpc) is 3.36. The van der Waals surface area contributed by atoms with Gasteiger partial charge in [0.1, 0.15) is 0 Å². The molecule has 1 aliphatic heterocycles. The van der Waals surface area contributed by atoms with Crippen LogP contribution in [0.1, 0.15) is 38.7 Å². The zero-order valence-corrected chi connectivity index (χ0v) is 18.2. The van der Waals surface area contributed by atoms with Gasteiger partial charge >= 0.3 is 0 Å². The Labute approximate surface area is 173 Å². The number of hydrogen-bond donors (Lipinski definition) is 3. The van der Waals surface area contributed by atoms with Crippen LogP contribution in [-0.2, 0) is 6.54 Å². The van der Waals surface area contributed by atoms with Crippen LogP contribution >= 0.6 is 24.0 Å². The van der Waals surface area contributed by atoms with E-state index in [0.717, 1.165) is 37.1 Å². The van der Waals surface area contributed by atoms with Crippen molar-refractivity contribution in [2.45, 2.75) is 57.8 Å². The highest BCUT2D eigenvalue weighted by Gasteiger charge is 2.38. The molecular formula is C19H31IN4O2. The SMILES string of the molecule is CCNC(=NCc1ccc(OC)c(O)c1)NC1CC(C)N(C2CC2)C1.I. The van der Waals surface area contributed by atoms with Crippen LogP contribution in [0.15, 0.2) is 23.2 Å². The summed E-state index contributed by atoms with van der Waals surface area (Å²) >= 11 is 0. The first kappa shape index (κ1) is 21.1. The predicted molar refractivity (Wildman–Crippen MR) is 116 cm³/mol. The second kappa shape index (κ2) is 9.64. The van der Waals surface area contributed by atoms with E-state index in [1.165, 1.54) is 12.8 Å². The zero-order valence-electron chi connectivity index (χ0n) is 15.9. The summed E-state index contributed by atoms with van der Waals surface area (Å²) < 4.78 is 5.08. The second-order valence-electron chi connectivity index (χ2n) is 7.06. The van der Waals surface area contributed by atoms with Crippen LogP contribution < -0.4 is 15.4 Å². The number of halogens is 1. The Morgan fingerprint density at radius 3 is 2.77 bits per heavy atom. The first-order valence-corrected chi connectivity index (χ1v) is 9.27. The topological polar surface area (TPSA) is 69.1 Å². The van der Waals surface area contributed by atoms with E-state index in [4.69, 9.17) is 4.74 Å². The number of likely N-dealkylation sites (tertiary alicyclic amines) is 1. The minimum absolute atomic E-state index is 0. The molecule has 2 fully saturated rings. The Morgan fingerprint density at radius 2 is 2.15 bits per heavy atom. The Bertz CT molecular complexity index is 622. The number of aromatic hydroxyl groups is 1. The van der Waals surface area contributed by atoms with Gasteiger partial charge in [-0.15, -0.1) is 24.0 Å². The summed E-state index contributed by atoms with van der Waals surface area (Å²) in [6.07, 6.45) is 3.86. The number of rotatable bonds is 6. The van der Waals surface area contributed by atoms with Gasteiger partial charge in [-0.25, -0.2) is 4.99 Å². The van der Waals surface area contributed by atoms with E-state index in [9.17, 15) is 5.11 Å². The maximum Gasteiger partial charge on any atom is 0.191 e. The van der Waals surface area contributed by atoms with Crippen LogP contribution in [0.5, 0.6) is 11.5 Å². The summed E-state index contributed by atoms with van der Waals surface area (Å²) in [7, 11) is 1.55. The van der Waals surface area contributed by atoms with E-state index in [1.807, 2.05) is 6.07 Å². The number of nitrogens with one attached hydrogen (secondary N) is 2. The van der Waals surface area contributed by atoms with E-state index in [1.54, 1.807) is 19.2 Å². The lowest BCUT2D eigenvalue weighted by Crippen LogP contribution is -2.44. The van der Waals surface area contributed by atoms with Crippen LogP contribution in [0, 0.1) is 0 Å². The number of benzene rings is 1. The van der Waals surface area contributed by atoms with E-state index in [0.29, 0.717) is 24.4 Å². The van der Waals surface area contributed by atoms with Crippen LogP contribution in [0.25, 0.3) is 0 Å². The Balaban J connectivity index is 0.00000243. The summed E-state index contributed by atoms with van der Waals surface area (Å²) in [6.45, 7) is 6.84. The van der Waals surface area contributed by atoms with Gasteiger partial charge < -0.3 is 20.5 Å². The van der Waals surface area contributed by atoms with Crippen LogP contribution in [0.2, 0.25) is 0 Å². The van der Waals surface area contributed by atoms with Crippen molar-refractivity contribution >= 4 is 29.9 Å². The molecule has 2 atom stereocenters.